The van der Waals surface area contributed by atoms with Gasteiger partial charge in [0, 0.05) is 18.7 Å². The van der Waals surface area contributed by atoms with Crippen LogP contribution >= 0.6 is 0 Å². The lowest BCUT2D eigenvalue weighted by atomic mass is 10.1. The predicted octanol–water partition coefficient (Wildman–Crippen LogP) is -0.760. The maximum absolute atomic E-state index is 11.7. The quantitative estimate of drug-likeness (QED) is 0.673. The van der Waals surface area contributed by atoms with Gasteiger partial charge in [0.25, 0.3) is 5.56 Å². The van der Waals surface area contributed by atoms with E-state index in [1.54, 1.807) is 0 Å². The second kappa shape index (κ2) is 6.07. The van der Waals surface area contributed by atoms with Crippen LogP contribution < -0.4 is 11.2 Å². The van der Waals surface area contributed by atoms with Crippen molar-refractivity contribution in [1.29, 1.82) is 0 Å². The maximum Gasteiger partial charge on any atom is 0.330 e. The van der Waals surface area contributed by atoms with E-state index < -0.39 is 35.8 Å². The molecule has 0 unspecified atom stereocenters. The van der Waals surface area contributed by atoms with Crippen molar-refractivity contribution in [2.24, 2.45) is 0 Å². The molecule has 0 bridgehead atoms. The van der Waals surface area contributed by atoms with Crippen molar-refractivity contribution >= 4 is 0 Å². The van der Waals surface area contributed by atoms with Crippen LogP contribution in [0.25, 0.3) is 0 Å². The standard InChI is InChI=1S/C14H18N2O6/c17-10-5-6-16(14(20)15-10)13-12(19)11(18)9(22-13)7-21-8-3-1-2-4-8/h3,5-6,9,11-13,18-19H,1-2,4,7H2,(H,15,17,20)/t9-,11-,12-,13-/m1/s1. The largest absolute Gasteiger partial charge is 0.495 e. The van der Waals surface area contributed by atoms with Gasteiger partial charge in [-0.1, -0.05) is 0 Å². The Morgan fingerprint density at radius 3 is 2.86 bits per heavy atom. The summed E-state index contributed by atoms with van der Waals surface area (Å²) in [5.41, 5.74) is -1.24. The Labute approximate surface area is 125 Å². The molecular weight excluding hydrogens is 292 g/mol. The Balaban J connectivity index is 1.71. The van der Waals surface area contributed by atoms with Gasteiger partial charge < -0.3 is 19.7 Å². The molecule has 3 N–H and O–H groups in total. The molecular formula is C14H18N2O6. The van der Waals surface area contributed by atoms with Gasteiger partial charge in [-0.3, -0.25) is 14.3 Å². The smallest absolute Gasteiger partial charge is 0.330 e. The Bertz CT molecular complexity index is 678. The summed E-state index contributed by atoms with van der Waals surface area (Å²) in [6, 6.07) is 1.15. The molecule has 0 amide bonds. The number of aromatic nitrogens is 2. The molecule has 1 saturated heterocycles. The molecule has 8 nitrogen and oxygen atoms in total. The van der Waals surface area contributed by atoms with E-state index in [4.69, 9.17) is 9.47 Å². The molecule has 4 atom stereocenters. The average molecular weight is 310 g/mol. The van der Waals surface area contributed by atoms with E-state index in [2.05, 4.69) is 4.98 Å². The van der Waals surface area contributed by atoms with Crippen LogP contribution in [-0.2, 0) is 9.47 Å². The van der Waals surface area contributed by atoms with Crippen molar-refractivity contribution in [2.75, 3.05) is 6.61 Å². The molecule has 2 aliphatic rings. The predicted molar refractivity (Wildman–Crippen MR) is 75.1 cm³/mol. The number of nitrogens with zero attached hydrogens (tertiary/aromatic N) is 1. The van der Waals surface area contributed by atoms with Gasteiger partial charge in [-0.2, -0.15) is 0 Å². The summed E-state index contributed by atoms with van der Waals surface area (Å²) in [5.74, 6) is 0.856. The summed E-state index contributed by atoms with van der Waals surface area (Å²) in [5, 5.41) is 20.1. The van der Waals surface area contributed by atoms with Crippen molar-refractivity contribution in [3.05, 3.63) is 44.9 Å². The van der Waals surface area contributed by atoms with Crippen LogP contribution in [0.5, 0.6) is 0 Å². The van der Waals surface area contributed by atoms with E-state index >= 15 is 0 Å². The van der Waals surface area contributed by atoms with Crippen LogP contribution in [0.15, 0.2) is 33.7 Å². The summed E-state index contributed by atoms with van der Waals surface area (Å²) in [7, 11) is 0. The second-order valence-electron chi connectivity index (χ2n) is 5.44. The van der Waals surface area contributed by atoms with E-state index in [0.29, 0.717) is 0 Å². The SMILES string of the molecule is O=c1ccn([C@@H]2O[C@H](COC3=CCCC3)[C@@H](O)[C@H]2O)c(=O)[nH]1. The van der Waals surface area contributed by atoms with Crippen molar-refractivity contribution in [2.45, 2.75) is 43.8 Å². The van der Waals surface area contributed by atoms with Gasteiger partial charge in [-0.25, -0.2) is 4.79 Å². The molecule has 0 saturated carbocycles. The van der Waals surface area contributed by atoms with Gasteiger partial charge >= 0.3 is 5.69 Å². The van der Waals surface area contributed by atoms with Gasteiger partial charge in [0.2, 0.25) is 0 Å². The summed E-state index contributed by atoms with van der Waals surface area (Å²) in [4.78, 5) is 24.9. The van der Waals surface area contributed by atoms with E-state index in [0.717, 1.165) is 35.7 Å². The number of aromatic amines is 1. The number of H-pyrrole nitrogens is 1. The maximum atomic E-state index is 11.7. The summed E-state index contributed by atoms with van der Waals surface area (Å²) >= 11 is 0. The molecule has 1 aromatic heterocycles. The topological polar surface area (TPSA) is 114 Å². The number of nitrogens with one attached hydrogen (secondary N) is 1. The number of allylic oxidation sites excluding steroid dienone is 2. The summed E-state index contributed by atoms with van der Waals surface area (Å²) in [6.07, 6.45) is 1.81. The number of ether oxygens (including phenoxy) is 2. The van der Waals surface area contributed by atoms with Gasteiger partial charge in [-0.05, 0) is 18.9 Å². The zero-order chi connectivity index (χ0) is 15.7. The minimum absolute atomic E-state index is 0.0959. The number of hydrogen-bond acceptors (Lipinski definition) is 6. The third-order valence-electron chi connectivity index (χ3n) is 3.89. The average Bonchev–Trinajstić information content (AvgIpc) is 3.08. The van der Waals surface area contributed by atoms with Crippen molar-refractivity contribution in [3.8, 4) is 0 Å². The fourth-order valence-electron chi connectivity index (χ4n) is 2.69. The van der Waals surface area contributed by atoms with Crippen molar-refractivity contribution < 1.29 is 19.7 Å². The normalized spacial score (nSPS) is 31.3. The highest BCUT2D eigenvalue weighted by atomic mass is 16.6. The molecule has 0 radical (unpaired) electrons. The first-order valence-electron chi connectivity index (χ1n) is 7.21. The van der Waals surface area contributed by atoms with Crippen LogP contribution in [0, 0.1) is 0 Å². The second-order valence-corrected chi connectivity index (χ2v) is 5.44. The molecule has 0 spiro atoms. The molecule has 0 aromatic carbocycles. The Morgan fingerprint density at radius 1 is 1.36 bits per heavy atom. The molecule has 22 heavy (non-hydrogen) atoms. The molecule has 2 heterocycles. The van der Waals surface area contributed by atoms with Crippen LogP contribution in [-0.4, -0.2) is 44.7 Å². The van der Waals surface area contributed by atoms with Crippen LogP contribution in [0.1, 0.15) is 25.5 Å². The molecule has 3 rings (SSSR count). The van der Waals surface area contributed by atoms with Crippen molar-refractivity contribution in [3.63, 3.8) is 0 Å². The minimum Gasteiger partial charge on any atom is -0.495 e. The van der Waals surface area contributed by atoms with E-state index in [1.807, 2.05) is 6.08 Å². The molecule has 1 fully saturated rings. The van der Waals surface area contributed by atoms with Gasteiger partial charge in [0.15, 0.2) is 6.23 Å². The van der Waals surface area contributed by atoms with Crippen LogP contribution in [0.3, 0.4) is 0 Å². The van der Waals surface area contributed by atoms with E-state index in [1.165, 1.54) is 6.20 Å². The van der Waals surface area contributed by atoms with Crippen molar-refractivity contribution in [1.82, 2.24) is 9.55 Å². The number of aliphatic hydroxyl groups excluding tert-OH is 2. The molecule has 8 heteroatoms. The van der Waals surface area contributed by atoms with E-state index in [-0.39, 0.29) is 6.61 Å². The Kier molecular flexibility index (Phi) is 4.14. The first kappa shape index (κ1) is 15.0. The third kappa shape index (κ3) is 2.85. The number of hydrogen-bond donors (Lipinski definition) is 3. The monoisotopic (exact) mass is 310 g/mol. The zero-order valence-corrected chi connectivity index (χ0v) is 11.8. The number of aliphatic hydroxyl groups is 2. The number of rotatable bonds is 4. The molecule has 1 aliphatic heterocycles. The highest BCUT2D eigenvalue weighted by Gasteiger charge is 2.44. The molecule has 120 valence electrons. The lowest BCUT2D eigenvalue weighted by Crippen LogP contribution is -2.37. The van der Waals surface area contributed by atoms with Gasteiger partial charge in [-0.15, -0.1) is 0 Å². The van der Waals surface area contributed by atoms with Gasteiger partial charge in [0.05, 0.1) is 5.76 Å². The highest BCUT2D eigenvalue weighted by Crippen LogP contribution is 2.29. The lowest BCUT2D eigenvalue weighted by molar-refractivity contribution is -0.0599. The fourth-order valence-corrected chi connectivity index (χ4v) is 2.69. The summed E-state index contributed by atoms with van der Waals surface area (Å²) in [6.45, 7) is 0.0959. The zero-order valence-electron chi connectivity index (χ0n) is 11.8. The minimum atomic E-state index is -1.28. The van der Waals surface area contributed by atoms with Crippen LogP contribution in [0.2, 0.25) is 0 Å². The van der Waals surface area contributed by atoms with Crippen LogP contribution in [0.4, 0.5) is 0 Å². The molecule has 1 aliphatic carbocycles. The summed E-state index contributed by atoms with van der Waals surface area (Å²) < 4.78 is 12.1. The fraction of sp³-hybridized carbons (Fsp3) is 0.571. The first-order chi connectivity index (χ1) is 10.6. The Hall–Kier alpha value is -1.90. The first-order valence-corrected chi connectivity index (χ1v) is 7.21. The van der Waals surface area contributed by atoms with E-state index in [9.17, 15) is 19.8 Å². The third-order valence-corrected chi connectivity index (χ3v) is 3.89. The molecule has 1 aromatic rings. The lowest BCUT2D eigenvalue weighted by Gasteiger charge is -2.17. The van der Waals surface area contributed by atoms with Gasteiger partial charge in [0.1, 0.15) is 24.9 Å². The highest BCUT2D eigenvalue weighted by molar-refractivity contribution is 5.00. The Morgan fingerprint density at radius 2 is 2.18 bits per heavy atom.